The van der Waals surface area contributed by atoms with E-state index in [9.17, 15) is 0 Å². The summed E-state index contributed by atoms with van der Waals surface area (Å²) in [4.78, 5) is 0. The van der Waals surface area contributed by atoms with E-state index in [1.54, 1.807) is 0 Å². The zero-order valence-corrected chi connectivity index (χ0v) is 11.2. The molecule has 0 radical (unpaired) electrons. The summed E-state index contributed by atoms with van der Waals surface area (Å²) in [5.74, 6) is 0. The van der Waals surface area contributed by atoms with Crippen molar-refractivity contribution in [2.45, 2.75) is 0 Å². The first kappa shape index (κ1) is 12.1. The van der Waals surface area contributed by atoms with Gasteiger partial charge in [-0.05, 0) is 28.1 Å². The molecule has 0 spiro atoms. The molecule has 2 aromatic rings. The van der Waals surface area contributed by atoms with Gasteiger partial charge in [0, 0.05) is 10.0 Å². The van der Waals surface area contributed by atoms with Crippen molar-refractivity contribution in [3.63, 3.8) is 0 Å². The quantitative estimate of drug-likeness (QED) is 0.657. The molecule has 17 heavy (non-hydrogen) atoms. The largest absolute Gasteiger partial charge is 0.276 e. The molecule has 0 aliphatic rings. The van der Waals surface area contributed by atoms with Crippen molar-refractivity contribution in [1.82, 2.24) is 0 Å². The second kappa shape index (κ2) is 5.84. The van der Waals surface area contributed by atoms with E-state index >= 15 is 0 Å². The third kappa shape index (κ3) is 3.32. The molecule has 0 atom stereocenters. The lowest BCUT2D eigenvalue weighted by molar-refractivity contribution is 1.33. The average Bonchev–Trinajstić information content (AvgIpc) is 2.38. The van der Waals surface area contributed by atoms with Crippen LogP contribution in [0.3, 0.4) is 0 Å². The van der Waals surface area contributed by atoms with Gasteiger partial charge in [-0.1, -0.05) is 54.1 Å². The molecular weight excluding hydrogens is 300 g/mol. The fourth-order valence-electron chi connectivity index (χ4n) is 1.30. The van der Waals surface area contributed by atoms with E-state index in [0.717, 1.165) is 15.7 Å². The second-order valence-corrected chi connectivity index (χ2v) is 4.57. The zero-order valence-electron chi connectivity index (χ0n) is 8.90. The number of nitrogens with zero attached hydrogens (tertiary/aromatic N) is 1. The molecule has 2 aromatic carbocycles. The Balaban J connectivity index is 2.14. The fourth-order valence-corrected chi connectivity index (χ4v) is 1.84. The molecule has 0 saturated heterocycles. The fraction of sp³-hybridized carbons (Fsp3) is 0. The van der Waals surface area contributed by atoms with Gasteiger partial charge in [0.2, 0.25) is 0 Å². The van der Waals surface area contributed by atoms with Crippen LogP contribution in [0, 0.1) is 0 Å². The molecule has 0 unspecified atom stereocenters. The van der Waals surface area contributed by atoms with Gasteiger partial charge in [0.25, 0.3) is 0 Å². The molecule has 2 nitrogen and oxygen atoms in total. The Kier molecular flexibility index (Phi) is 4.18. The van der Waals surface area contributed by atoms with Crippen LogP contribution in [-0.2, 0) is 0 Å². The first-order valence-corrected chi connectivity index (χ1v) is 6.23. The molecule has 0 aliphatic carbocycles. The van der Waals surface area contributed by atoms with Crippen LogP contribution in [0.25, 0.3) is 0 Å². The lowest BCUT2D eigenvalue weighted by Gasteiger charge is -2.03. The molecule has 4 heteroatoms. The maximum atomic E-state index is 6.08. The van der Waals surface area contributed by atoms with Gasteiger partial charge in [-0.15, -0.1) is 0 Å². The minimum atomic E-state index is 0.432. The van der Waals surface area contributed by atoms with Crippen molar-refractivity contribution < 1.29 is 0 Å². The van der Waals surface area contributed by atoms with Crippen LogP contribution in [-0.4, -0.2) is 5.17 Å². The third-order valence-electron chi connectivity index (χ3n) is 2.16. The average molecular weight is 310 g/mol. The molecule has 86 valence electrons. The van der Waals surface area contributed by atoms with E-state index < -0.39 is 0 Å². The van der Waals surface area contributed by atoms with Gasteiger partial charge in [0.05, 0.1) is 5.69 Å². The van der Waals surface area contributed by atoms with Crippen molar-refractivity contribution in [2.75, 3.05) is 5.43 Å². The Morgan fingerprint density at radius 3 is 2.35 bits per heavy atom. The predicted octanol–water partition coefficient (Wildman–Crippen LogP) is 4.46. The van der Waals surface area contributed by atoms with Crippen LogP contribution in [0.15, 0.2) is 64.2 Å². The SMILES string of the molecule is Cl/C(=N\Nc1ccccc1Br)c1ccccc1. The van der Waals surface area contributed by atoms with Crippen LogP contribution in [0.4, 0.5) is 5.69 Å². The first-order valence-electron chi connectivity index (χ1n) is 5.06. The maximum absolute atomic E-state index is 6.08. The van der Waals surface area contributed by atoms with Crippen molar-refractivity contribution >= 4 is 38.4 Å². The van der Waals surface area contributed by atoms with E-state index in [4.69, 9.17) is 11.6 Å². The number of nitrogens with one attached hydrogen (secondary N) is 1. The molecule has 1 N–H and O–H groups in total. The van der Waals surface area contributed by atoms with Crippen molar-refractivity contribution in [1.29, 1.82) is 0 Å². The van der Waals surface area contributed by atoms with E-state index in [0.29, 0.717) is 5.17 Å². The molecule has 0 heterocycles. The number of hydrazone groups is 1. The Bertz CT molecular complexity index is 526. The molecule has 2 rings (SSSR count). The highest BCUT2D eigenvalue weighted by Crippen LogP contribution is 2.21. The van der Waals surface area contributed by atoms with Gasteiger partial charge in [-0.25, -0.2) is 0 Å². The Morgan fingerprint density at radius 2 is 1.65 bits per heavy atom. The van der Waals surface area contributed by atoms with Crippen LogP contribution in [0.5, 0.6) is 0 Å². The summed E-state index contributed by atoms with van der Waals surface area (Å²) in [5.41, 5.74) is 4.68. The van der Waals surface area contributed by atoms with Crippen LogP contribution < -0.4 is 5.43 Å². The first-order chi connectivity index (χ1) is 8.27. The molecule has 0 bridgehead atoms. The lowest BCUT2D eigenvalue weighted by Crippen LogP contribution is -1.97. The highest BCUT2D eigenvalue weighted by molar-refractivity contribution is 9.10. The summed E-state index contributed by atoms with van der Waals surface area (Å²) in [7, 11) is 0. The second-order valence-electron chi connectivity index (χ2n) is 3.36. The standard InChI is InChI=1S/C13H10BrClN2/c14-11-8-4-5-9-12(11)16-17-13(15)10-6-2-1-3-7-10/h1-9,16H/b17-13-. The Hall–Kier alpha value is -1.32. The highest BCUT2D eigenvalue weighted by atomic mass is 79.9. The number of rotatable bonds is 3. The normalized spacial score (nSPS) is 11.3. The summed E-state index contributed by atoms with van der Waals surface area (Å²) >= 11 is 9.51. The zero-order chi connectivity index (χ0) is 12.1. The smallest absolute Gasteiger partial charge is 0.156 e. The van der Waals surface area contributed by atoms with Gasteiger partial charge in [0.1, 0.15) is 0 Å². The topological polar surface area (TPSA) is 24.4 Å². The summed E-state index contributed by atoms with van der Waals surface area (Å²) < 4.78 is 0.946. The van der Waals surface area contributed by atoms with E-state index in [1.165, 1.54) is 0 Å². The molecule has 0 aliphatic heterocycles. The molecule has 0 saturated carbocycles. The van der Waals surface area contributed by atoms with Crippen LogP contribution >= 0.6 is 27.5 Å². The number of benzene rings is 2. The predicted molar refractivity (Wildman–Crippen MR) is 76.6 cm³/mol. The number of hydrogen-bond acceptors (Lipinski definition) is 2. The minimum Gasteiger partial charge on any atom is -0.276 e. The van der Waals surface area contributed by atoms with Gasteiger partial charge in [-0.3, -0.25) is 5.43 Å². The van der Waals surface area contributed by atoms with Crippen molar-refractivity contribution in [3.8, 4) is 0 Å². The maximum Gasteiger partial charge on any atom is 0.156 e. The summed E-state index contributed by atoms with van der Waals surface area (Å²) in [6.45, 7) is 0. The minimum absolute atomic E-state index is 0.432. The molecule has 0 aromatic heterocycles. The lowest BCUT2D eigenvalue weighted by atomic mass is 10.2. The van der Waals surface area contributed by atoms with E-state index in [1.807, 2.05) is 54.6 Å². The van der Waals surface area contributed by atoms with E-state index in [-0.39, 0.29) is 0 Å². The number of hydrogen-bond donors (Lipinski definition) is 1. The Morgan fingerprint density at radius 1 is 1.00 bits per heavy atom. The Labute approximate surface area is 113 Å². The molecule has 0 amide bonds. The van der Waals surface area contributed by atoms with Gasteiger partial charge >= 0.3 is 0 Å². The summed E-state index contributed by atoms with van der Waals surface area (Å²) in [5, 5.41) is 4.56. The summed E-state index contributed by atoms with van der Waals surface area (Å²) in [6, 6.07) is 17.3. The van der Waals surface area contributed by atoms with Gasteiger partial charge < -0.3 is 0 Å². The molecular formula is C13H10BrClN2. The summed E-state index contributed by atoms with van der Waals surface area (Å²) in [6.07, 6.45) is 0. The number of anilines is 1. The van der Waals surface area contributed by atoms with Crippen molar-refractivity contribution in [2.24, 2.45) is 5.10 Å². The van der Waals surface area contributed by atoms with E-state index in [2.05, 4.69) is 26.5 Å². The monoisotopic (exact) mass is 308 g/mol. The number of halogens is 2. The van der Waals surface area contributed by atoms with Gasteiger partial charge in [0.15, 0.2) is 5.17 Å². The molecule has 0 fully saturated rings. The van der Waals surface area contributed by atoms with Crippen LogP contribution in [0.1, 0.15) is 5.56 Å². The van der Waals surface area contributed by atoms with Crippen molar-refractivity contribution in [3.05, 3.63) is 64.6 Å². The third-order valence-corrected chi connectivity index (χ3v) is 3.15. The van der Waals surface area contributed by atoms with Crippen LogP contribution in [0.2, 0.25) is 0 Å². The van der Waals surface area contributed by atoms with Gasteiger partial charge in [-0.2, -0.15) is 5.10 Å². The number of para-hydroxylation sites is 1. The highest BCUT2D eigenvalue weighted by Gasteiger charge is 1.99.